The van der Waals surface area contributed by atoms with Gasteiger partial charge in [0, 0.05) is 11.1 Å². The first-order valence-electron chi connectivity index (χ1n) is 9.37. The zero-order valence-electron chi connectivity index (χ0n) is 16.5. The number of rotatable bonds is 7. The Balaban J connectivity index is 1.35. The lowest BCUT2D eigenvalue weighted by Crippen LogP contribution is -2.11. The molecule has 0 aliphatic carbocycles. The van der Waals surface area contributed by atoms with Gasteiger partial charge in [-0.3, -0.25) is 10.1 Å². The second-order valence-corrected chi connectivity index (χ2v) is 8.68. The highest BCUT2D eigenvalue weighted by atomic mass is 32.2. The molecule has 4 aromatic rings. The van der Waals surface area contributed by atoms with Gasteiger partial charge in [-0.05, 0) is 42.7 Å². The summed E-state index contributed by atoms with van der Waals surface area (Å²) in [5.41, 5.74) is 3.78. The molecule has 1 N–H and O–H groups in total. The lowest BCUT2D eigenvalue weighted by molar-refractivity contribution is 0.102. The maximum atomic E-state index is 12.4. The van der Waals surface area contributed by atoms with E-state index in [0.717, 1.165) is 17.5 Å². The minimum atomic E-state index is -0.204. The first kappa shape index (κ1) is 20.2. The second kappa shape index (κ2) is 9.19. The Bertz CT molecular complexity index is 1150. The van der Waals surface area contributed by atoms with Crippen molar-refractivity contribution >= 4 is 34.1 Å². The first-order chi connectivity index (χ1) is 14.6. The highest BCUT2D eigenvalue weighted by Gasteiger charge is 2.14. The Morgan fingerprint density at radius 3 is 2.63 bits per heavy atom. The number of hydrogen-bond acceptors (Lipinski definition) is 8. The molecule has 30 heavy (non-hydrogen) atoms. The minimum absolute atomic E-state index is 0.204. The molecule has 0 aliphatic rings. The van der Waals surface area contributed by atoms with Crippen molar-refractivity contribution in [3.05, 3.63) is 71.1 Å². The molecule has 0 aliphatic heterocycles. The number of nitrogens with one attached hydrogen (secondary N) is 1. The molecule has 9 heteroatoms. The molecule has 7 nitrogen and oxygen atoms in total. The van der Waals surface area contributed by atoms with E-state index in [1.807, 2.05) is 55.5 Å². The number of benzene rings is 2. The van der Waals surface area contributed by atoms with Crippen LogP contribution < -0.4 is 5.32 Å². The topological polar surface area (TPSA) is 93.8 Å². The molecule has 0 unspecified atom stereocenters. The fourth-order valence-corrected chi connectivity index (χ4v) is 4.32. The Labute approximate surface area is 182 Å². The average Bonchev–Trinajstić information content (AvgIpc) is 3.42. The van der Waals surface area contributed by atoms with Crippen molar-refractivity contribution in [1.29, 1.82) is 0 Å². The molecule has 1 amide bonds. The van der Waals surface area contributed by atoms with E-state index in [2.05, 4.69) is 32.6 Å². The SMILES string of the molecule is CCc1ccc(C(=O)Nc2nnc(SCc3nnc(-c4ccccc4C)o3)s2)cc1. The van der Waals surface area contributed by atoms with Crippen LogP contribution in [0.2, 0.25) is 0 Å². The highest BCUT2D eigenvalue weighted by Crippen LogP contribution is 2.29. The third-order valence-electron chi connectivity index (χ3n) is 4.41. The van der Waals surface area contributed by atoms with E-state index in [0.29, 0.717) is 32.6 Å². The maximum absolute atomic E-state index is 12.4. The van der Waals surface area contributed by atoms with Gasteiger partial charge in [0.05, 0.1) is 5.75 Å². The van der Waals surface area contributed by atoms with Gasteiger partial charge >= 0.3 is 0 Å². The third kappa shape index (κ3) is 4.74. The smallest absolute Gasteiger partial charge is 0.257 e. The standard InChI is InChI=1S/C21H19N5O2S2/c1-3-14-8-10-15(11-9-14)18(27)22-20-25-26-21(30-20)29-12-17-23-24-19(28-17)16-7-5-4-6-13(16)2/h4-11H,3,12H2,1-2H3,(H,22,25,27). The number of aryl methyl sites for hydroxylation is 2. The van der Waals surface area contributed by atoms with Gasteiger partial charge in [-0.2, -0.15) is 0 Å². The zero-order valence-corrected chi connectivity index (χ0v) is 18.1. The Morgan fingerprint density at radius 2 is 1.87 bits per heavy atom. The van der Waals surface area contributed by atoms with E-state index in [9.17, 15) is 4.79 Å². The van der Waals surface area contributed by atoms with Crippen LogP contribution in [-0.4, -0.2) is 26.3 Å². The molecule has 2 heterocycles. The van der Waals surface area contributed by atoms with Crippen LogP contribution in [0.1, 0.15) is 34.3 Å². The van der Waals surface area contributed by atoms with E-state index in [4.69, 9.17) is 4.42 Å². The molecule has 4 rings (SSSR count). The van der Waals surface area contributed by atoms with Crippen LogP contribution in [0.3, 0.4) is 0 Å². The molecule has 0 radical (unpaired) electrons. The van der Waals surface area contributed by atoms with Crippen molar-refractivity contribution in [2.24, 2.45) is 0 Å². The van der Waals surface area contributed by atoms with Gasteiger partial charge < -0.3 is 4.42 Å². The van der Waals surface area contributed by atoms with Gasteiger partial charge in [-0.15, -0.1) is 20.4 Å². The van der Waals surface area contributed by atoms with Crippen molar-refractivity contribution < 1.29 is 9.21 Å². The molecule has 152 valence electrons. The van der Waals surface area contributed by atoms with E-state index >= 15 is 0 Å². The fourth-order valence-electron chi connectivity index (χ4n) is 2.74. The summed E-state index contributed by atoms with van der Waals surface area (Å²) in [5.74, 6) is 1.28. The second-order valence-electron chi connectivity index (χ2n) is 6.48. The fraction of sp³-hybridized carbons (Fsp3) is 0.190. The minimum Gasteiger partial charge on any atom is -0.420 e. The number of carbonyl (C=O) groups is 1. The van der Waals surface area contributed by atoms with Crippen molar-refractivity contribution in [2.75, 3.05) is 5.32 Å². The van der Waals surface area contributed by atoms with Gasteiger partial charge in [0.15, 0.2) is 4.34 Å². The Hall–Kier alpha value is -3.04. The van der Waals surface area contributed by atoms with Gasteiger partial charge in [0.25, 0.3) is 5.91 Å². The molecule has 0 fully saturated rings. The summed E-state index contributed by atoms with van der Waals surface area (Å²) in [5, 5.41) is 19.6. The normalized spacial score (nSPS) is 10.9. The van der Waals surface area contributed by atoms with Crippen LogP contribution in [0.4, 0.5) is 5.13 Å². The predicted octanol–water partition coefficient (Wildman–Crippen LogP) is 5.00. The highest BCUT2D eigenvalue weighted by molar-refractivity contribution is 8.00. The average molecular weight is 438 g/mol. The lowest BCUT2D eigenvalue weighted by Gasteiger charge is -2.02. The van der Waals surface area contributed by atoms with Gasteiger partial charge in [-0.1, -0.05) is 60.4 Å². The van der Waals surface area contributed by atoms with E-state index in [-0.39, 0.29) is 5.91 Å². The van der Waals surface area contributed by atoms with Crippen LogP contribution in [0.5, 0.6) is 0 Å². The van der Waals surface area contributed by atoms with Crippen LogP contribution in [0.15, 0.2) is 57.3 Å². The van der Waals surface area contributed by atoms with Crippen LogP contribution in [0.25, 0.3) is 11.5 Å². The third-order valence-corrected chi connectivity index (χ3v) is 6.37. The summed E-state index contributed by atoms with van der Waals surface area (Å²) in [6.45, 7) is 4.08. The van der Waals surface area contributed by atoms with E-state index in [1.165, 1.54) is 28.7 Å². The van der Waals surface area contributed by atoms with Gasteiger partial charge in [0.1, 0.15) is 0 Å². The van der Waals surface area contributed by atoms with Gasteiger partial charge in [0.2, 0.25) is 16.9 Å². The molecular formula is C21H19N5O2S2. The Kier molecular flexibility index (Phi) is 6.20. The van der Waals surface area contributed by atoms with Crippen LogP contribution >= 0.6 is 23.1 Å². The van der Waals surface area contributed by atoms with Crippen molar-refractivity contribution in [3.8, 4) is 11.5 Å². The molecule has 0 spiro atoms. The van der Waals surface area contributed by atoms with Gasteiger partial charge in [-0.25, -0.2) is 0 Å². The quantitative estimate of drug-likeness (QED) is 0.321. The van der Waals surface area contributed by atoms with Crippen molar-refractivity contribution in [2.45, 2.75) is 30.4 Å². The summed E-state index contributed by atoms with van der Waals surface area (Å²) < 4.78 is 6.47. The predicted molar refractivity (Wildman–Crippen MR) is 118 cm³/mol. The Morgan fingerprint density at radius 1 is 1.07 bits per heavy atom. The molecule has 0 atom stereocenters. The molecular weight excluding hydrogens is 418 g/mol. The van der Waals surface area contributed by atoms with Crippen LogP contribution in [-0.2, 0) is 12.2 Å². The molecule has 0 saturated heterocycles. The number of anilines is 1. The lowest BCUT2D eigenvalue weighted by atomic mass is 10.1. The summed E-state index contributed by atoms with van der Waals surface area (Å²) in [6, 6.07) is 15.4. The monoisotopic (exact) mass is 437 g/mol. The number of amides is 1. The number of carbonyl (C=O) groups excluding carboxylic acids is 1. The number of thioether (sulfide) groups is 1. The first-order valence-corrected chi connectivity index (χ1v) is 11.2. The number of hydrogen-bond donors (Lipinski definition) is 1. The molecule has 2 aromatic heterocycles. The summed E-state index contributed by atoms with van der Waals surface area (Å²) in [6.07, 6.45) is 0.936. The van der Waals surface area contributed by atoms with E-state index in [1.54, 1.807) is 0 Å². The van der Waals surface area contributed by atoms with Crippen molar-refractivity contribution in [3.63, 3.8) is 0 Å². The summed E-state index contributed by atoms with van der Waals surface area (Å²) >= 11 is 2.74. The largest absolute Gasteiger partial charge is 0.420 e. The van der Waals surface area contributed by atoms with Crippen molar-refractivity contribution in [1.82, 2.24) is 20.4 Å². The van der Waals surface area contributed by atoms with Crippen LogP contribution in [0, 0.1) is 6.92 Å². The number of aromatic nitrogens is 4. The summed E-state index contributed by atoms with van der Waals surface area (Å²) in [4.78, 5) is 12.4. The zero-order chi connectivity index (χ0) is 20.9. The van der Waals surface area contributed by atoms with E-state index < -0.39 is 0 Å². The summed E-state index contributed by atoms with van der Waals surface area (Å²) in [7, 11) is 0. The molecule has 2 aromatic carbocycles. The number of nitrogens with zero attached hydrogens (tertiary/aromatic N) is 4. The maximum Gasteiger partial charge on any atom is 0.257 e. The molecule has 0 saturated carbocycles. The molecule has 0 bridgehead atoms.